The van der Waals surface area contributed by atoms with Crippen LogP contribution in [0.2, 0.25) is 0 Å². The summed E-state index contributed by atoms with van der Waals surface area (Å²) in [6.07, 6.45) is 0. The quantitative estimate of drug-likeness (QED) is 0.618. The van der Waals surface area contributed by atoms with E-state index in [9.17, 15) is 9.18 Å². The molecule has 150 valence electrons. The Morgan fingerprint density at radius 2 is 1.83 bits per heavy atom. The zero-order valence-corrected chi connectivity index (χ0v) is 16.9. The Morgan fingerprint density at radius 1 is 1.07 bits per heavy atom. The van der Waals surface area contributed by atoms with E-state index in [4.69, 9.17) is 4.74 Å². The van der Waals surface area contributed by atoms with Crippen LogP contribution < -0.4 is 10.1 Å². The number of rotatable bonds is 7. The van der Waals surface area contributed by atoms with Gasteiger partial charge in [-0.25, -0.2) is 4.39 Å². The van der Waals surface area contributed by atoms with Gasteiger partial charge in [-0.3, -0.25) is 9.69 Å². The molecule has 0 aliphatic heterocycles. The molecule has 1 N–H and O–H groups in total. The molecule has 3 aromatic carbocycles. The van der Waals surface area contributed by atoms with Crippen LogP contribution in [0.4, 0.5) is 10.1 Å². The second kappa shape index (κ2) is 9.34. The number of benzene rings is 3. The zero-order valence-electron chi connectivity index (χ0n) is 16.9. The lowest BCUT2D eigenvalue weighted by atomic mass is 10.0. The lowest BCUT2D eigenvalue weighted by molar-refractivity contribution is -0.121. The van der Waals surface area contributed by atoms with Gasteiger partial charge >= 0.3 is 0 Å². The average Bonchev–Trinajstić information content (AvgIpc) is 2.69. The molecule has 0 fully saturated rings. The summed E-state index contributed by atoms with van der Waals surface area (Å²) in [7, 11) is 3.43. The lowest BCUT2D eigenvalue weighted by Gasteiger charge is -2.28. The van der Waals surface area contributed by atoms with E-state index >= 15 is 0 Å². The van der Waals surface area contributed by atoms with Gasteiger partial charge in [0.2, 0.25) is 5.91 Å². The van der Waals surface area contributed by atoms with Gasteiger partial charge < -0.3 is 10.1 Å². The number of hydrogen-bond acceptors (Lipinski definition) is 3. The van der Waals surface area contributed by atoms with Gasteiger partial charge in [0.15, 0.2) is 0 Å². The van der Waals surface area contributed by atoms with Gasteiger partial charge in [0, 0.05) is 6.54 Å². The number of halogens is 1. The highest BCUT2D eigenvalue weighted by Crippen LogP contribution is 2.28. The van der Waals surface area contributed by atoms with Crippen molar-refractivity contribution in [1.29, 1.82) is 0 Å². The number of methoxy groups -OCH3 is 1. The fourth-order valence-electron chi connectivity index (χ4n) is 3.38. The second-order valence-corrected chi connectivity index (χ2v) is 7.05. The number of anilines is 1. The summed E-state index contributed by atoms with van der Waals surface area (Å²) in [5.41, 5.74) is 3.30. The number of amides is 1. The fourth-order valence-corrected chi connectivity index (χ4v) is 3.38. The van der Waals surface area contributed by atoms with Crippen LogP contribution in [-0.2, 0) is 11.3 Å². The molecule has 3 aromatic rings. The highest BCUT2D eigenvalue weighted by atomic mass is 19.1. The fraction of sp³-hybridized carbons (Fsp3) is 0.208. The molecule has 5 heteroatoms. The molecule has 0 radical (unpaired) electrons. The van der Waals surface area contributed by atoms with Crippen molar-refractivity contribution in [1.82, 2.24) is 4.90 Å². The predicted octanol–water partition coefficient (Wildman–Crippen LogP) is 4.95. The van der Waals surface area contributed by atoms with E-state index in [1.54, 1.807) is 13.2 Å². The molecule has 0 unspecified atom stereocenters. The molecule has 3 rings (SSSR count). The lowest BCUT2D eigenvalue weighted by Crippen LogP contribution is -2.34. The van der Waals surface area contributed by atoms with Crippen molar-refractivity contribution in [2.45, 2.75) is 19.5 Å². The van der Waals surface area contributed by atoms with Crippen molar-refractivity contribution in [2.24, 2.45) is 0 Å². The normalized spacial score (nSPS) is 11.9. The Labute approximate surface area is 170 Å². The van der Waals surface area contributed by atoms with Crippen LogP contribution in [-0.4, -0.2) is 25.0 Å². The van der Waals surface area contributed by atoms with E-state index in [-0.39, 0.29) is 11.7 Å². The summed E-state index contributed by atoms with van der Waals surface area (Å²) in [5, 5.41) is 3.00. The zero-order chi connectivity index (χ0) is 20.8. The SMILES string of the molecule is COc1ccc(C)cc1NC(=O)[C@@H](c1ccccc1)N(C)Cc1cccc(F)c1. The molecule has 0 bridgehead atoms. The molecule has 29 heavy (non-hydrogen) atoms. The maximum Gasteiger partial charge on any atom is 0.246 e. The number of nitrogens with one attached hydrogen (secondary N) is 1. The van der Waals surface area contributed by atoms with Crippen molar-refractivity contribution < 1.29 is 13.9 Å². The number of ether oxygens (including phenoxy) is 1. The summed E-state index contributed by atoms with van der Waals surface area (Å²) in [6, 6.07) is 21.1. The third-order valence-corrected chi connectivity index (χ3v) is 4.74. The molecule has 4 nitrogen and oxygen atoms in total. The average molecular weight is 392 g/mol. The van der Waals surface area contributed by atoms with Crippen molar-refractivity contribution in [2.75, 3.05) is 19.5 Å². The van der Waals surface area contributed by atoms with E-state index in [1.165, 1.54) is 12.1 Å². The van der Waals surface area contributed by atoms with E-state index in [2.05, 4.69) is 5.32 Å². The second-order valence-electron chi connectivity index (χ2n) is 7.05. The number of carbonyl (C=O) groups is 1. The Hall–Kier alpha value is -3.18. The van der Waals surface area contributed by atoms with Gasteiger partial charge in [-0.2, -0.15) is 0 Å². The van der Waals surface area contributed by atoms with Crippen LogP contribution in [0.15, 0.2) is 72.8 Å². The van der Waals surface area contributed by atoms with Crippen molar-refractivity contribution >= 4 is 11.6 Å². The van der Waals surface area contributed by atoms with Crippen LogP contribution >= 0.6 is 0 Å². The molecule has 0 aromatic heterocycles. The molecular formula is C24H25FN2O2. The molecular weight excluding hydrogens is 367 g/mol. The Kier molecular flexibility index (Phi) is 6.62. The van der Waals surface area contributed by atoms with Crippen molar-refractivity contribution in [3.8, 4) is 5.75 Å². The number of carbonyl (C=O) groups excluding carboxylic acids is 1. The van der Waals surface area contributed by atoms with Gasteiger partial charge in [0.25, 0.3) is 0 Å². The first kappa shape index (κ1) is 20.6. The first-order chi connectivity index (χ1) is 14.0. The van der Waals surface area contributed by atoms with Crippen LogP contribution in [0.25, 0.3) is 0 Å². The monoisotopic (exact) mass is 392 g/mol. The summed E-state index contributed by atoms with van der Waals surface area (Å²) in [5.74, 6) is 0.128. The minimum absolute atomic E-state index is 0.181. The van der Waals surface area contributed by atoms with Crippen LogP contribution in [0.1, 0.15) is 22.7 Å². The molecule has 1 amide bonds. The number of nitrogens with zero attached hydrogens (tertiary/aromatic N) is 1. The van der Waals surface area contributed by atoms with E-state index < -0.39 is 6.04 Å². The minimum Gasteiger partial charge on any atom is -0.495 e. The Morgan fingerprint density at radius 3 is 2.52 bits per heavy atom. The summed E-state index contributed by atoms with van der Waals surface area (Å²) in [4.78, 5) is 15.2. The standard InChI is InChI=1S/C24H25FN2O2/c1-17-12-13-22(29-3)21(14-17)26-24(28)23(19-9-5-4-6-10-19)27(2)16-18-8-7-11-20(25)15-18/h4-15,23H,16H2,1-3H3,(H,26,28)/t23-/m1/s1. The topological polar surface area (TPSA) is 41.6 Å². The maximum atomic E-state index is 13.6. The highest BCUT2D eigenvalue weighted by molar-refractivity contribution is 5.96. The minimum atomic E-state index is -0.551. The highest BCUT2D eigenvalue weighted by Gasteiger charge is 2.26. The maximum absolute atomic E-state index is 13.6. The van der Waals surface area contributed by atoms with Gasteiger partial charge in [-0.05, 0) is 54.9 Å². The predicted molar refractivity (Wildman–Crippen MR) is 113 cm³/mol. The van der Waals surface area contributed by atoms with E-state index in [0.29, 0.717) is 18.0 Å². The first-order valence-electron chi connectivity index (χ1n) is 9.43. The van der Waals surface area contributed by atoms with Gasteiger partial charge in [0.05, 0.1) is 12.8 Å². The molecule has 0 heterocycles. The number of aryl methyl sites for hydroxylation is 1. The molecule has 0 saturated carbocycles. The summed E-state index contributed by atoms with van der Waals surface area (Å²) in [6.45, 7) is 2.38. The smallest absolute Gasteiger partial charge is 0.246 e. The van der Waals surface area contributed by atoms with Crippen LogP contribution in [0.3, 0.4) is 0 Å². The van der Waals surface area contributed by atoms with Crippen LogP contribution in [0, 0.1) is 12.7 Å². The summed E-state index contributed by atoms with van der Waals surface area (Å²) >= 11 is 0. The van der Waals surface area contributed by atoms with Gasteiger partial charge in [-0.15, -0.1) is 0 Å². The van der Waals surface area contributed by atoms with Crippen LogP contribution in [0.5, 0.6) is 5.75 Å². The number of likely N-dealkylation sites (N-methyl/N-ethyl adjacent to an activating group) is 1. The third-order valence-electron chi connectivity index (χ3n) is 4.74. The molecule has 0 aliphatic rings. The summed E-state index contributed by atoms with van der Waals surface area (Å²) < 4.78 is 19.0. The molecule has 0 spiro atoms. The molecule has 0 aliphatic carbocycles. The Balaban J connectivity index is 1.89. The first-order valence-corrected chi connectivity index (χ1v) is 9.43. The third kappa shape index (κ3) is 5.21. The van der Waals surface area contributed by atoms with Crippen molar-refractivity contribution in [3.05, 3.63) is 95.3 Å². The van der Waals surface area contributed by atoms with Crippen molar-refractivity contribution in [3.63, 3.8) is 0 Å². The largest absolute Gasteiger partial charge is 0.495 e. The van der Waals surface area contributed by atoms with E-state index in [0.717, 1.165) is 16.7 Å². The molecule has 1 atom stereocenters. The Bertz CT molecular complexity index is 976. The van der Waals surface area contributed by atoms with Gasteiger partial charge in [-0.1, -0.05) is 48.5 Å². The van der Waals surface area contributed by atoms with Gasteiger partial charge in [0.1, 0.15) is 17.6 Å². The van der Waals surface area contributed by atoms with E-state index in [1.807, 2.05) is 73.5 Å². The number of hydrogen-bond donors (Lipinski definition) is 1. The molecule has 0 saturated heterocycles.